The van der Waals surface area contributed by atoms with Gasteiger partial charge < -0.3 is 20.4 Å². The molecule has 0 aliphatic carbocycles. The first-order chi connectivity index (χ1) is 13.6. The van der Waals surface area contributed by atoms with E-state index in [1.165, 1.54) is 10.6 Å². The van der Waals surface area contributed by atoms with E-state index in [9.17, 15) is 0 Å². The van der Waals surface area contributed by atoms with Gasteiger partial charge >= 0.3 is 0 Å². The van der Waals surface area contributed by atoms with Gasteiger partial charge in [-0.05, 0) is 33.0 Å². The number of benzene rings is 1. The third-order valence-electron chi connectivity index (χ3n) is 4.75. The molecule has 6 nitrogen and oxygen atoms in total. The van der Waals surface area contributed by atoms with Gasteiger partial charge in [-0.25, -0.2) is 9.98 Å². The van der Waals surface area contributed by atoms with Crippen molar-refractivity contribution < 1.29 is 0 Å². The van der Waals surface area contributed by atoms with Gasteiger partial charge in [-0.3, -0.25) is 0 Å². The predicted molar refractivity (Wildman–Crippen MR) is 135 cm³/mol. The maximum absolute atomic E-state index is 6.56. The molecule has 0 unspecified atom stereocenters. The fourth-order valence-electron chi connectivity index (χ4n) is 3.19. The Morgan fingerprint density at radius 2 is 2.00 bits per heavy atom. The lowest BCUT2D eigenvalue weighted by atomic mass is 10.1. The number of aliphatic imine (C=N–C) groups is 1. The molecule has 1 aliphatic rings. The molecule has 160 valence electrons. The van der Waals surface area contributed by atoms with E-state index in [0.29, 0.717) is 13.1 Å². The highest BCUT2D eigenvalue weighted by molar-refractivity contribution is 14.0. The molecule has 9 heteroatoms. The zero-order chi connectivity index (χ0) is 19.9. The number of anilines is 1. The molecular formula is C20H30ClIN6S. The minimum atomic E-state index is 0. The highest BCUT2D eigenvalue weighted by Crippen LogP contribution is 2.29. The molecule has 1 aromatic carbocycles. The van der Waals surface area contributed by atoms with Crippen molar-refractivity contribution in [2.75, 3.05) is 44.7 Å². The summed E-state index contributed by atoms with van der Waals surface area (Å²) in [6, 6.07) is 6.13. The maximum Gasteiger partial charge on any atom is 0.191 e. The quantitative estimate of drug-likeness (QED) is 0.327. The summed E-state index contributed by atoms with van der Waals surface area (Å²) in [5.41, 5.74) is 2.27. The van der Waals surface area contributed by atoms with Crippen molar-refractivity contribution in [3.63, 3.8) is 0 Å². The van der Waals surface area contributed by atoms with E-state index in [2.05, 4.69) is 52.4 Å². The summed E-state index contributed by atoms with van der Waals surface area (Å²) < 4.78 is 0. The Balaban J connectivity index is 0.00000300. The second-order valence-corrected chi connectivity index (χ2v) is 8.67. The minimum absolute atomic E-state index is 0. The van der Waals surface area contributed by atoms with E-state index in [0.717, 1.165) is 54.3 Å². The van der Waals surface area contributed by atoms with E-state index in [-0.39, 0.29) is 24.0 Å². The fraction of sp³-hybridized carbons (Fsp3) is 0.500. The lowest BCUT2D eigenvalue weighted by Crippen LogP contribution is -2.44. The minimum Gasteiger partial charge on any atom is -0.369 e. The molecule has 29 heavy (non-hydrogen) atoms. The van der Waals surface area contributed by atoms with Crippen LogP contribution in [0.15, 0.2) is 29.4 Å². The largest absolute Gasteiger partial charge is 0.369 e. The smallest absolute Gasteiger partial charge is 0.191 e. The van der Waals surface area contributed by atoms with Crippen LogP contribution in [0.4, 0.5) is 5.69 Å². The molecule has 1 fully saturated rings. The number of nitrogens with zero attached hydrogens (tertiary/aromatic N) is 4. The van der Waals surface area contributed by atoms with Crippen LogP contribution in [0.1, 0.15) is 22.4 Å². The van der Waals surface area contributed by atoms with Gasteiger partial charge in [0, 0.05) is 60.1 Å². The topological polar surface area (TPSA) is 55.8 Å². The zero-order valence-corrected chi connectivity index (χ0v) is 21.1. The van der Waals surface area contributed by atoms with Gasteiger partial charge in [-0.1, -0.05) is 17.7 Å². The van der Waals surface area contributed by atoms with E-state index >= 15 is 0 Å². The van der Waals surface area contributed by atoms with Crippen molar-refractivity contribution >= 4 is 58.6 Å². The van der Waals surface area contributed by atoms with Crippen LogP contribution in [0.25, 0.3) is 0 Å². The molecular weight excluding hydrogens is 519 g/mol. The molecule has 0 saturated carbocycles. The van der Waals surface area contributed by atoms with Gasteiger partial charge in [-0.15, -0.1) is 35.3 Å². The normalized spacial score (nSPS) is 15.2. The predicted octanol–water partition coefficient (Wildman–Crippen LogP) is 3.73. The van der Waals surface area contributed by atoms with Crippen LogP contribution in [0, 0.1) is 6.92 Å². The lowest BCUT2D eigenvalue weighted by Gasteiger charge is -2.35. The number of piperazine rings is 1. The summed E-state index contributed by atoms with van der Waals surface area (Å²) in [5.74, 6) is 0.777. The number of likely N-dealkylation sites (N-methyl/N-ethyl adjacent to an activating group) is 1. The maximum atomic E-state index is 6.56. The number of hydrogen-bond acceptors (Lipinski definition) is 5. The molecule has 3 rings (SSSR count). The van der Waals surface area contributed by atoms with Crippen LogP contribution in [0.3, 0.4) is 0 Å². The number of guanidine groups is 1. The van der Waals surface area contributed by atoms with Crippen molar-refractivity contribution in [1.29, 1.82) is 0 Å². The summed E-state index contributed by atoms with van der Waals surface area (Å²) in [6.45, 7) is 10.3. The molecule has 2 aromatic rings. The summed E-state index contributed by atoms with van der Waals surface area (Å²) >= 11 is 8.26. The summed E-state index contributed by atoms with van der Waals surface area (Å²) in [7, 11) is 2.17. The molecule has 0 spiro atoms. The van der Waals surface area contributed by atoms with E-state index in [1.807, 2.05) is 18.3 Å². The summed E-state index contributed by atoms with van der Waals surface area (Å²) in [4.78, 5) is 15.2. The first-order valence-corrected chi connectivity index (χ1v) is 10.9. The Bertz CT molecular complexity index is 804. The van der Waals surface area contributed by atoms with Crippen LogP contribution in [0.5, 0.6) is 0 Å². The molecule has 1 aliphatic heterocycles. The average Bonchev–Trinajstić information content (AvgIpc) is 3.10. The molecule has 2 N–H and O–H groups in total. The molecule has 1 aromatic heterocycles. The number of aromatic nitrogens is 1. The highest BCUT2D eigenvalue weighted by atomic mass is 127. The summed E-state index contributed by atoms with van der Waals surface area (Å²) in [6.07, 6.45) is 1.90. The number of aryl methyl sites for hydroxylation is 1. The molecule has 0 amide bonds. The van der Waals surface area contributed by atoms with Crippen molar-refractivity contribution in [2.45, 2.75) is 26.9 Å². The van der Waals surface area contributed by atoms with Gasteiger partial charge in [0.25, 0.3) is 0 Å². The van der Waals surface area contributed by atoms with Crippen LogP contribution < -0.4 is 15.5 Å². The Kier molecular flexibility index (Phi) is 9.94. The average molecular weight is 549 g/mol. The van der Waals surface area contributed by atoms with Gasteiger partial charge in [0.15, 0.2) is 5.96 Å². The van der Waals surface area contributed by atoms with E-state index in [4.69, 9.17) is 16.6 Å². The molecule has 0 radical (unpaired) electrons. The third-order valence-corrected chi connectivity index (χ3v) is 6.02. The fourth-order valence-corrected chi connectivity index (χ4v) is 4.15. The Hall–Kier alpha value is -1.10. The molecule has 0 atom stereocenters. The lowest BCUT2D eigenvalue weighted by molar-refractivity contribution is 0.312. The number of hydrogen-bond donors (Lipinski definition) is 2. The van der Waals surface area contributed by atoms with Gasteiger partial charge in [-0.2, -0.15) is 0 Å². The zero-order valence-electron chi connectivity index (χ0n) is 17.2. The SMILES string of the molecule is CCNC(=NCc1c(Cl)cccc1N1CCN(C)CC1)NCc1ncc(C)s1.I. The monoisotopic (exact) mass is 548 g/mol. The van der Waals surface area contributed by atoms with Crippen molar-refractivity contribution in [1.82, 2.24) is 20.5 Å². The van der Waals surface area contributed by atoms with Gasteiger partial charge in [0.05, 0.1) is 13.1 Å². The second-order valence-electron chi connectivity index (χ2n) is 6.94. The van der Waals surface area contributed by atoms with Crippen LogP contribution in [-0.2, 0) is 13.1 Å². The van der Waals surface area contributed by atoms with Crippen LogP contribution in [-0.4, -0.2) is 55.6 Å². The molecule has 2 heterocycles. The Morgan fingerprint density at radius 1 is 1.24 bits per heavy atom. The van der Waals surface area contributed by atoms with Gasteiger partial charge in [0.2, 0.25) is 0 Å². The number of halogens is 2. The Morgan fingerprint density at radius 3 is 2.66 bits per heavy atom. The standard InChI is InChI=1S/C20H29ClN6S.HI/c1-4-22-20(25-14-19-23-12-15(2)28-19)24-13-16-17(21)6-5-7-18(16)27-10-8-26(3)9-11-27;/h5-7,12H,4,8-11,13-14H2,1-3H3,(H2,22,24,25);1H. The van der Waals surface area contributed by atoms with E-state index < -0.39 is 0 Å². The first kappa shape index (κ1) is 24.2. The van der Waals surface area contributed by atoms with E-state index in [1.54, 1.807) is 11.3 Å². The third kappa shape index (κ3) is 6.97. The number of nitrogens with one attached hydrogen (secondary N) is 2. The first-order valence-electron chi connectivity index (χ1n) is 9.71. The Labute approximate surface area is 199 Å². The van der Waals surface area contributed by atoms with Gasteiger partial charge in [0.1, 0.15) is 5.01 Å². The van der Waals surface area contributed by atoms with Crippen LogP contribution >= 0.6 is 46.9 Å². The van der Waals surface area contributed by atoms with Crippen molar-refractivity contribution in [2.24, 2.45) is 4.99 Å². The summed E-state index contributed by atoms with van der Waals surface area (Å²) in [5, 5.41) is 8.50. The second kappa shape index (κ2) is 11.9. The van der Waals surface area contributed by atoms with Crippen molar-refractivity contribution in [3.05, 3.63) is 44.9 Å². The molecule has 0 bridgehead atoms. The molecule has 1 saturated heterocycles. The highest BCUT2D eigenvalue weighted by Gasteiger charge is 2.18. The van der Waals surface area contributed by atoms with Crippen molar-refractivity contribution in [3.8, 4) is 0 Å². The number of rotatable bonds is 6. The number of thiazole rings is 1. The van der Waals surface area contributed by atoms with Crippen LogP contribution in [0.2, 0.25) is 5.02 Å².